The molecule has 4 heteroatoms. The van der Waals surface area contributed by atoms with Gasteiger partial charge in [-0.3, -0.25) is 4.79 Å². The molecule has 16 heavy (non-hydrogen) atoms. The van der Waals surface area contributed by atoms with Gasteiger partial charge in [-0.2, -0.15) is 0 Å². The Morgan fingerprint density at radius 1 is 1.44 bits per heavy atom. The summed E-state index contributed by atoms with van der Waals surface area (Å²) in [4.78, 5) is 11.9. The molecule has 2 rings (SSSR count). The molecule has 1 unspecified atom stereocenters. The van der Waals surface area contributed by atoms with E-state index in [1.54, 1.807) is 12.1 Å². The van der Waals surface area contributed by atoms with Crippen LogP contribution in [0.2, 0.25) is 0 Å². The first-order valence-corrected chi connectivity index (χ1v) is 5.28. The minimum atomic E-state index is -0.269. The van der Waals surface area contributed by atoms with E-state index in [4.69, 9.17) is 9.84 Å². The minimum Gasteiger partial charge on any atom is -0.508 e. The van der Waals surface area contributed by atoms with Gasteiger partial charge >= 0.3 is 0 Å². The molecule has 0 spiro atoms. The highest BCUT2D eigenvalue weighted by Gasteiger charge is 2.31. The number of amides is 1. The average Bonchev–Trinajstić information content (AvgIpc) is 2.65. The van der Waals surface area contributed by atoms with Gasteiger partial charge in [0.2, 0.25) is 0 Å². The van der Waals surface area contributed by atoms with Crippen molar-refractivity contribution in [1.29, 1.82) is 0 Å². The van der Waals surface area contributed by atoms with Crippen molar-refractivity contribution in [2.75, 3.05) is 13.2 Å². The Kier molecular flexibility index (Phi) is 2.83. The number of rotatable bonds is 2. The largest absolute Gasteiger partial charge is 0.508 e. The molecule has 4 nitrogen and oxygen atoms in total. The lowest BCUT2D eigenvalue weighted by Gasteiger charge is -2.23. The molecule has 86 valence electrons. The van der Waals surface area contributed by atoms with Crippen LogP contribution in [-0.4, -0.2) is 29.8 Å². The normalized spacial score (nSPS) is 24.3. The third-order valence-corrected chi connectivity index (χ3v) is 2.76. The highest BCUT2D eigenvalue weighted by Crippen LogP contribution is 2.18. The lowest BCUT2D eigenvalue weighted by Crippen LogP contribution is -2.46. The molecule has 1 heterocycles. The minimum absolute atomic E-state index is 0.131. The highest BCUT2D eigenvalue weighted by molar-refractivity contribution is 5.94. The van der Waals surface area contributed by atoms with Crippen molar-refractivity contribution in [2.24, 2.45) is 0 Å². The predicted octanol–water partition coefficient (Wildman–Crippen LogP) is 1.30. The van der Waals surface area contributed by atoms with Gasteiger partial charge < -0.3 is 15.2 Å². The Morgan fingerprint density at radius 2 is 2.12 bits per heavy atom. The van der Waals surface area contributed by atoms with Crippen LogP contribution in [0, 0.1) is 0 Å². The van der Waals surface area contributed by atoms with Crippen molar-refractivity contribution in [3.05, 3.63) is 29.8 Å². The van der Waals surface area contributed by atoms with E-state index in [1.807, 2.05) is 6.92 Å². The number of hydrogen-bond donors (Lipinski definition) is 2. The van der Waals surface area contributed by atoms with Crippen LogP contribution in [0.5, 0.6) is 5.75 Å². The number of phenolic OH excluding ortho intramolecular Hbond substituents is 1. The number of ether oxygens (including phenoxy) is 1. The van der Waals surface area contributed by atoms with Gasteiger partial charge in [0.05, 0.1) is 12.1 Å². The SMILES string of the molecule is CC1(NC(=O)c2ccc(O)cc2)CCOC1. The summed E-state index contributed by atoms with van der Waals surface area (Å²) in [5.41, 5.74) is 0.278. The molecule has 1 fully saturated rings. The lowest BCUT2D eigenvalue weighted by atomic mass is 10.0. The topological polar surface area (TPSA) is 58.6 Å². The van der Waals surface area contributed by atoms with Gasteiger partial charge in [-0.05, 0) is 37.6 Å². The number of carbonyl (C=O) groups excluding carboxylic acids is 1. The second kappa shape index (κ2) is 4.14. The monoisotopic (exact) mass is 221 g/mol. The van der Waals surface area contributed by atoms with E-state index in [2.05, 4.69) is 5.32 Å². The summed E-state index contributed by atoms with van der Waals surface area (Å²) in [6, 6.07) is 6.21. The molecular formula is C12H15NO3. The molecule has 1 aromatic rings. The van der Waals surface area contributed by atoms with Gasteiger partial charge in [-0.15, -0.1) is 0 Å². The molecule has 1 saturated heterocycles. The van der Waals surface area contributed by atoms with Crippen LogP contribution in [0.3, 0.4) is 0 Å². The summed E-state index contributed by atoms with van der Waals surface area (Å²) in [5, 5.41) is 12.1. The zero-order chi connectivity index (χ0) is 11.6. The number of carbonyl (C=O) groups is 1. The summed E-state index contributed by atoms with van der Waals surface area (Å²) in [6.07, 6.45) is 0.830. The molecule has 1 aromatic carbocycles. The van der Waals surface area contributed by atoms with E-state index >= 15 is 0 Å². The Labute approximate surface area is 94.2 Å². The van der Waals surface area contributed by atoms with Crippen LogP contribution in [-0.2, 0) is 4.74 Å². The highest BCUT2D eigenvalue weighted by atomic mass is 16.5. The van der Waals surface area contributed by atoms with Crippen molar-refractivity contribution in [3.63, 3.8) is 0 Å². The number of phenols is 1. The van der Waals surface area contributed by atoms with Gasteiger partial charge in [-0.25, -0.2) is 0 Å². The number of aromatic hydroxyl groups is 1. The van der Waals surface area contributed by atoms with E-state index in [0.717, 1.165) is 6.42 Å². The lowest BCUT2D eigenvalue weighted by molar-refractivity contribution is 0.0890. The fourth-order valence-corrected chi connectivity index (χ4v) is 1.72. The smallest absolute Gasteiger partial charge is 0.251 e. The summed E-state index contributed by atoms with van der Waals surface area (Å²) in [5.74, 6) is 0.0277. The third-order valence-electron chi connectivity index (χ3n) is 2.76. The quantitative estimate of drug-likeness (QED) is 0.791. The average molecular weight is 221 g/mol. The zero-order valence-electron chi connectivity index (χ0n) is 9.19. The van der Waals surface area contributed by atoms with Crippen LogP contribution < -0.4 is 5.32 Å². The summed E-state index contributed by atoms with van der Waals surface area (Å²) < 4.78 is 5.26. The van der Waals surface area contributed by atoms with Crippen LogP contribution in [0.4, 0.5) is 0 Å². The summed E-state index contributed by atoms with van der Waals surface area (Å²) in [6.45, 7) is 3.21. The van der Waals surface area contributed by atoms with Gasteiger partial charge in [0, 0.05) is 12.2 Å². The predicted molar refractivity (Wildman–Crippen MR) is 59.4 cm³/mol. The van der Waals surface area contributed by atoms with E-state index in [1.165, 1.54) is 12.1 Å². The third kappa shape index (κ3) is 2.33. The standard InChI is InChI=1S/C12H15NO3/c1-12(6-7-16-8-12)13-11(15)9-2-4-10(14)5-3-9/h2-5,14H,6-8H2,1H3,(H,13,15). The first-order chi connectivity index (χ1) is 7.59. The fraction of sp³-hybridized carbons (Fsp3) is 0.417. The Hall–Kier alpha value is -1.55. The van der Waals surface area contributed by atoms with Crippen LogP contribution in [0.15, 0.2) is 24.3 Å². The molecule has 0 radical (unpaired) electrons. The van der Waals surface area contributed by atoms with Crippen LogP contribution in [0.1, 0.15) is 23.7 Å². The maximum atomic E-state index is 11.9. The van der Waals surface area contributed by atoms with Crippen LogP contribution >= 0.6 is 0 Å². The molecule has 1 amide bonds. The maximum Gasteiger partial charge on any atom is 0.251 e. The fourth-order valence-electron chi connectivity index (χ4n) is 1.72. The van der Waals surface area contributed by atoms with Crippen molar-refractivity contribution in [3.8, 4) is 5.75 Å². The second-order valence-electron chi connectivity index (χ2n) is 4.36. The molecule has 0 aliphatic carbocycles. The molecule has 1 atom stereocenters. The maximum absolute atomic E-state index is 11.9. The first-order valence-electron chi connectivity index (χ1n) is 5.28. The molecule has 2 N–H and O–H groups in total. The van der Waals surface area contributed by atoms with E-state index < -0.39 is 0 Å². The van der Waals surface area contributed by atoms with E-state index in [-0.39, 0.29) is 17.2 Å². The van der Waals surface area contributed by atoms with Gasteiger partial charge in [0.25, 0.3) is 5.91 Å². The molecule has 1 aliphatic rings. The molecule has 1 aliphatic heterocycles. The number of hydrogen-bond acceptors (Lipinski definition) is 3. The van der Waals surface area contributed by atoms with Crippen molar-refractivity contribution >= 4 is 5.91 Å². The summed E-state index contributed by atoms with van der Waals surface area (Å²) >= 11 is 0. The van der Waals surface area contributed by atoms with Crippen molar-refractivity contribution < 1.29 is 14.6 Å². The van der Waals surface area contributed by atoms with Gasteiger partial charge in [-0.1, -0.05) is 0 Å². The Morgan fingerprint density at radius 3 is 2.69 bits per heavy atom. The van der Waals surface area contributed by atoms with Crippen molar-refractivity contribution in [2.45, 2.75) is 18.9 Å². The van der Waals surface area contributed by atoms with Crippen molar-refractivity contribution in [1.82, 2.24) is 5.32 Å². The first kappa shape index (κ1) is 11.0. The number of benzene rings is 1. The molecule has 0 aromatic heterocycles. The van der Waals surface area contributed by atoms with Gasteiger partial charge in [0.1, 0.15) is 5.75 Å². The van der Waals surface area contributed by atoms with E-state index in [0.29, 0.717) is 18.8 Å². The molecule has 0 saturated carbocycles. The second-order valence-corrected chi connectivity index (χ2v) is 4.36. The molecular weight excluding hydrogens is 206 g/mol. The van der Waals surface area contributed by atoms with Gasteiger partial charge in [0.15, 0.2) is 0 Å². The molecule has 0 bridgehead atoms. The Balaban J connectivity index is 2.05. The zero-order valence-corrected chi connectivity index (χ0v) is 9.19. The van der Waals surface area contributed by atoms with Crippen LogP contribution in [0.25, 0.3) is 0 Å². The number of nitrogens with one attached hydrogen (secondary N) is 1. The summed E-state index contributed by atoms with van der Waals surface area (Å²) in [7, 11) is 0. The Bertz CT molecular complexity index is 380. The van der Waals surface area contributed by atoms with E-state index in [9.17, 15) is 4.79 Å².